The van der Waals surface area contributed by atoms with Crippen molar-refractivity contribution in [2.24, 2.45) is 67.7 Å². The van der Waals surface area contributed by atoms with Gasteiger partial charge >= 0.3 is 5.97 Å². The summed E-state index contributed by atoms with van der Waals surface area (Å²) in [5.41, 5.74) is 1.02. The van der Waals surface area contributed by atoms with Gasteiger partial charge in [-0.05, 0) is 128 Å². The highest BCUT2D eigenvalue weighted by Gasteiger charge is 2.72. The van der Waals surface area contributed by atoms with E-state index in [0.29, 0.717) is 41.3 Å². The fourth-order valence-corrected chi connectivity index (χ4v) is 12.5. The van der Waals surface area contributed by atoms with Crippen molar-refractivity contribution in [3.05, 3.63) is 34.4 Å². The van der Waals surface area contributed by atoms with Crippen LogP contribution < -0.4 is 4.84 Å². The first-order valence-electron chi connectivity index (χ1n) is 16.8. The normalized spacial score (nSPS) is 44.2. The maximum Gasteiger partial charge on any atom is 0.309 e. The van der Waals surface area contributed by atoms with Gasteiger partial charge in [-0.1, -0.05) is 53.6 Å². The van der Waals surface area contributed by atoms with Crippen LogP contribution in [0.1, 0.15) is 113 Å². The molecule has 5 saturated carbocycles. The van der Waals surface area contributed by atoms with Crippen molar-refractivity contribution in [2.45, 2.75) is 113 Å². The standard InChI is InChI=1S/C36H52N2O5/c1-22(2)25-14-19-36(31(39)40)21-20-34(6)26(30(25)36)12-13-28-33(5)17-16-29(32(3,4)27(33)15-18-35(28,34)7)37-43-24-10-8-23(9-11-24)38(41)42/h8-11,22,25-28,30H,12-21H2,1-7H3,(H,39,40)/b37-29-/t25-,26?,27?,28?,30?,33-,34+,35+,36-/m0/s1. The highest BCUT2D eigenvalue weighted by atomic mass is 16.6. The van der Waals surface area contributed by atoms with Gasteiger partial charge in [0.25, 0.3) is 5.69 Å². The van der Waals surface area contributed by atoms with Gasteiger partial charge in [0, 0.05) is 17.5 Å². The molecule has 0 heterocycles. The number of nitrogens with zero attached hydrogens (tertiary/aromatic N) is 2. The van der Waals surface area contributed by atoms with E-state index in [2.05, 4.69) is 53.6 Å². The summed E-state index contributed by atoms with van der Waals surface area (Å²) in [7, 11) is 0. The van der Waals surface area contributed by atoms with Crippen LogP contribution in [0.3, 0.4) is 0 Å². The maximum atomic E-state index is 12.9. The Kier molecular flexibility index (Phi) is 7.14. The second-order valence-corrected chi connectivity index (χ2v) is 16.7. The fraction of sp³-hybridized carbons (Fsp3) is 0.778. The number of carboxylic acids is 1. The summed E-state index contributed by atoms with van der Waals surface area (Å²) in [6.45, 7) is 17.1. The van der Waals surface area contributed by atoms with Crippen LogP contribution in [0.5, 0.6) is 5.75 Å². The van der Waals surface area contributed by atoms with Gasteiger partial charge in [-0.25, -0.2) is 0 Å². The number of aliphatic carboxylic acids is 1. The second-order valence-electron chi connectivity index (χ2n) is 16.7. The largest absolute Gasteiger partial charge is 0.481 e. The van der Waals surface area contributed by atoms with Gasteiger partial charge in [-0.3, -0.25) is 14.9 Å². The Balaban J connectivity index is 1.28. The van der Waals surface area contributed by atoms with Crippen molar-refractivity contribution in [1.29, 1.82) is 0 Å². The summed E-state index contributed by atoms with van der Waals surface area (Å²) in [6, 6.07) is 6.14. The Hall–Kier alpha value is -2.44. The number of oxime groups is 1. The molecule has 236 valence electrons. The summed E-state index contributed by atoms with van der Waals surface area (Å²) in [4.78, 5) is 29.4. The molecule has 1 aromatic rings. The number of hydrogen-bond donors (Lipinski definition) is 1. The molecule has 4 unspecified atom stereocenters. The molecule has 0 aliphatic heterocycles. The topological polar surface area (TPSA) is 102 Å². The average molecular weight is 593 g/mol. The molecule has 5 aliphatic rings. The number of fused-ring (bicyclic) bond motifs is 7. The van der Waals surface area contributed by atoms with Gasteiger partial charge < -0.3 is 9.94 Å². The summed E-state index contributed by atoms with van der Waals surface area (Å²) in [5, 5.41) is 26.4. The molecule has 43 heavy (non-hydrogen) atoms. The molecule has 5 aliphatic carbocycles. The molecule has 0 amide bonds. The Labute approximate surface area is 257 Å². The minimum atomic E-state index is -0.526. The highest BCUT2D eigenvalue weighted by Crippen LogP contribution is 2.77. The number of non-ortho nitro benzene ring substituents is 1. The van der Waals surface area contributed by atoms with Crippen LogP contribution >= 0.6 is 0 Å². The summed E-state index contributed by atoms with van der Waals surface area (Å²) in [5.74, 6) is 2.90. The van der Waals surface area contributed by atoms with Crippen LogP contribution in [-0.4, -0.2) is 21.7 Å². The summed E-state index contributed by atoms with van der Waals surface area (Å²) < 4.78 is 0. The van der Waals surface area contributed by atoms with Gasteiger partial charge in [0.05, 0.1) is 16.0 Å². The summed E-state index contributed by atoms with van der Waals surface area (Å²) in [6.07, 6.45) is 10.5. The quantitative estimate of drug-likeness (QED) is 0.271. The molecular weight excluding hydrogens is 540 g/mol. The lowest BCUT2D eigenvalue weighted by Gasteiger charge is -2.72. The minimum Gasteiger partial charge on any atom is -0.481 e. The van der Waals surface area contributed by atoms with E-state index in [0.717, 1.165) is 57.1 Å². The lowest BCUT2D eigenvalue weighted by Crippen LogP contribution is -2.66. The molecule has 7 nitrogen and oxygen atoms in total. The Bertz CT molecular complexity index is 1320. The molecule has 0 bridgehead atoms. The van der Waals surface area contributed by atoms with E-state index in [9.17, 15) is 20.0 Å². The molecule has 6 rings (SSSR count). The number of carbonyl (C=O) groups is 1. The van der Waals surface area contributed by atoms with Crippen LogP contribution in [0.2, 0.25) is 0 Å². The van der Waals surface area contributed by atoms with Gasteiger partial charge in [-0.2, -0.15) is 0 Å². The molecule has 5 fully saturated rings. The molecule has 1 N–H and O–H groups in total. The Morgan fingerprint density at radius 3 is 2.26 bits per heavy atom. The predicted molar refractivity (Wildman–Crippen MR) is 168 cm³/mol. The molecular formula is C36H52N2O5. The molecule has 0 aromatic heterocycles. The van der Waals surface area contributed by atoms with E-state index < -0.39 is 16.3 Å². The monoisotopic (exact) mass is 592 g/mol. The third-order valence-corrected chi connectivity index (χ3v) is 14.9. The van der Waals surface area contributed by atoms with Crippen molar-refractivity contribution in [2.75, 3.05) is 0 Å². The van der Waals surface area contributed by atoms with E-state index in [-0.39, 0.29) is 27.3 Å². The zero-order valence-electron chi connectivity index (χ0n) is 27.3. The van der Waals surface area contributed by atoms with Gasteiger partial charge in [0.15, 0.2) is 5.75 Å². The second kappa shape index (κ2) is 10.0. The average Bonchev–Trinajstić information content (AvgIpc) is 3.35. The Morgan fingerprint density at radius 2 is 1.63 bits per heavy atom. The molecule has 9 atom stereocenters. The molecule has 0 spiro atoms. The number of nitro benzene ring substituents is 1. The molecule has 0 saturated heterocycles. The highest BCUT2D eigenvalue weighted by molar-refractivity contribution is 5.90. The van der Waals surface area contributed by atoms with Gasteiger partial charge in [0.1, 0.15) is 0 Å². The minimum absolute atomic E-state index is 0.0433. The first-order valence-corrected chi connectivity index (χ1v) is 16.8. The number of carboxylic acid groups (broad SMARTS) is 1. The lowest BCUT2D eigenvalue weighted by molar-refractivity contribution is -0.384. The van der Waals surface area contributed by atoms with Crippen molar-refractivity contribution in [3.63, 3.8) is 0 Å². The SMILES string of the molecule is CC(C)[C@@H]1CC[C@]2(C(=O)O)CC[C@]3(C)C(CCC4[C@@]5(C)CC/C(=N/Oc6ccc([N+](=O)[O-])cc6)C(C)(C)C5CC[C@]43C)C12. The third kappa shape index (κ3) is 4.18. The van der Waals surface area contributed by atoms with Crippen molar-refractivity contribution in [3.8, 4) is 5.75 Å². The van der Waals surface area contributed by atoms with Crippen LogP contribution in [0.15, 0.2) is 29.4 Å². The van der Waals surface area contributed by atoms with Crippen LogP contribution in [-0.2, 0) is 4.79 Å². The van der Waals surface area contributed by atoms with E-state index in [4.69, 9.17) is 4.84 Å². The van der Waals surface area contributed by atoms with Crippen molar-refractivity contribution in [1.82, 2.24) is 0 Å². The third-order valence-electron chi connectivity index (χ3n) is 14.9. The van der Waals surface area contributed by atoms with E-state index in [1.54, 1.807) is 12.1 Å². The first-order chi connectivity index (χ1) is 20.1. The van der Waals surface area contributed by atoms with E-state index >= 15 is 0 Å². The molecule has 1 aromatic carbocycles. The van der Waals surface area contributed by atoms with Crippen LogP contribution in [0, 0.1) is 72.7 Å². The number of hydrogen-bond acceptors (Lipinski definition) is 5. The Morgan fingerprint density at radius 1 is 0.930 bits per heavy atom. The van der Waals surface area contributed by atoms with Crippen LogP contribution in [0.25, 0.3) is 0 Å². The van der Waals surface area contributed by atoms with E-state index in [1.165, 1.54) is 25.0 Å². The number of nitro groups is 1. The number of benzene rings is 1. The van der Waals surface area contributed by atoms with Gasteiger partial charge in [0.2, 0.25) is 0 Å². The zero-order chi connectivity index (χ0) is 31.2. The van der Waals surface area contributed by atoms with Crippen molar-refractivity contribution >= 4 is 17.4 Å². The fourth-order valence-electron chi connectivity index (χ4n) is 12.5. The lowest BCUT2D eigenvalue weighted by atomic mass is 9.32. The first kappa shape index (κ1) is 30.6. The number of rotatable bonds is 5. The maximum absolute atomic E-state index is 12.9. The van der Waals surface area contributed by atoms with Gasteiger partial charge in [-0.15, -0.1) is 0 Å². The van der Waals surface area contributed by atoms with Crippen LogP contribution in [0.4, 0.5) is 5.69 Å². The molecule has 0 radical (unpaired) electrons. The smallest absolute Gasteiger partial charge is 0.309 e. The summed E-state index contributed by atoms with van der Waals surface area (Å²) >= 11 is 0. The molecule has 7 heteroatoms. The predicted octanol–water partition coefficient (Wildman–Crippen LogP) is 9.15. The van der Waals surface area contributed by atoms with E-state index in [1.807, 2.05) is 0 Å². The van der Waals surface area contributed by atoms with Crippen molar-refractivity contribution < 1.29 is 19.7 Å². The zero-order valence-corrected chi connectivity index (χ0v) is 27.3.